The number of nitrogens with zero attached hydrogens (tertiary/aromatic N) is 2. The number of aliphatic imine (C=N–C) groups is 1. The Balaban J connectivity index is 0.00000264. The maximum atomic E-state index is 6.05. The Kier molecular flexibility index (Phi) is 9.07. The number of rotatable bonds is 5. The van der Waals surface area contributed by atoms with Crippen LogP contribution in [0.15, 0.2) is 23.2 Å². The van der Waals surface area contributed by atoms with E-state index in [1.165, 1.54) is 4.88 Å². The van der Waals surface area contributed by atoms with E-state index in [4.69, 9.17) is 34.8 Å². The first-order valence-electron chi connectivity index (χ1n) is 6.69. The largest absolute Gasteiger partial charge is 0.356 e. The highest BCUT2D eigenvalue weighted by Crippen LogP contribution is 2.25. The number of thiophene rings is 1. The second-order valence-electron chi connectivity index (χ2n) is 4.64. The van der Waals surface area contributed by atoms with Gasteiger partial charge in [-0.2, -0.15) is 0 Å². The third-order valence-corrected chi connectivity index (χ3v) is 5.30. The number of hydrogen-bond donors (Lipinski definition) is 2. The molecule has 23 heavy (non-hydrogen) atoms. The van der Waals surface area contributed by atoms with E-state index < -0.39 is 0 Å². The SMILES string of the molecule is CN=C(NCCc1ccc(Cl)s1)NCc1cc(Cl)c(Cl)n1C.I. The molecule has 0 radical (unpaired) electrons. The topological polar surface area (TPSA) is 41.4 Å². The highest BCUT2D eigenvalue weighted by atomic mass is 127. The molecule has 2 N–H and O–H groups in total. The Hall–Kier alpha value is -0.150. The van der Waals surface area contributed by atoms with Gasteiger partial charge in [-0.25, -0.2) is 0 Å². The molecule has 0 aliphatic carbocycles. The minimum Gasteiger partial charge on any atom is -0.356 e. The summed E-state index contributed by atoms with van der Waals surface area (Å²) in [7, 11) is 3.62. The van der Waals surface area contributed by atoms with Crippen LogP contribution in [0.25, 0.3) is 0 Å². The highest BCUT2D eigenvalue weighted by molar-refractivity contribution is 14.0. The van der Waals surface area contributed by atoms with Gasteiger partial charge in [0.05, 0.1) is 15.9 Å². The van der Waals surface area contributed by atoms with Crippen molar-refractivity contribution in [3.8, 4) is 0 Å². The molecule has 0 unspecified atom stereocenters. The molecular formula is C14H18Cl3IN4S. The zero-order chi connectivity index (χ0) is 16.1. The van der Waals surface area contributed by atoms with Crippen molar-refractivity contribution < 1.29 is 0 Å². The molecule has 2 rings (SSSR count). The van der Waals surface area contributed by atoms with Crippen molar-refractivity contribution in [2.45, 2.75) is 13.0 Å². The second-order valence-corrected chi connectivity index (χ2v) is 7.21. The van der Waals surface area contributed by atoms with Gasteiger partial charge in [0.25, 0.3) is 0 Å². The van der Waals surface area contributed by atoms with Gasteiger partial charge in [0.1, 0.15) is 5.15 Å². The van der Waals surface area contributed by atoms with Gasteiger partial charge in [0.15, 0.2) is 5.96 Å². The van der Waals surface area contributed by atoms with E-state index in [0.29, 0.717) is 16.7 Å². The molecule has 4 nitrogen and oxygen atoms in total. The van der Waals surface area contributed by atoms with E-state index >= 15 is 0 Å². The monoisotopic (exact) mass is 506 g/mol. The summed E-state index contributed by atoms with van der Waals surface area (Å²) < 4.78 is 2.66. The lowest BCUT2D eigenvalue weighted by Crippen LogP contribution is -2.38. The van der Waals surface area contributed by atoms with Crippen molar-refractivity contribution in [3.63, 3.8) is 0 Å². The van der Waals surface area contributed by atoms with Crippen LogP contribution in [-0.2, 0) is 20.0 Å². The molecule has 2 heterocycles. The van der Waals surface area contributed by atoms with E-state index in [0.717, 1.165) is 29.0 Å². The van der Waals surface area contributed by atoms with E-state index in [2.05, 4.69) is 15.6 Å². The number of nitrogens with one attached hydrogen (secondary N) is 2. The predicted molar refractivity (Wildman–Crippen MR) is 112 cm³/mol. The van der Waals surface area contributed by atoms with Crippen LogP contribution in [0.3, 0.4) is 0 Å². The second kappa shape index (κ2) is 9.98. The smallest absolute Gasteiger partial charge is 0.191 e. The van der Waals surface area contributed by atoms with Crippen molar-refractivity contribution in [1.29, 1.82) is 0 Å². The van der Waals surface area contributed by atoms with E-state index in [1.807, 2.05) is 29.8 Å². The van der Waals surface area contributed by atoms with E-state index in [1.54, 1.807) is 18.4 Å². The lowest BCUT2D eigenvalue weighted by Gasteiger charge is -2.12. The molecule has 2 aromatic rings. The van der Waals surface area contributed by atoms with Crippen molar-refractivity contribution in [2.75, 3.05) is 13.6 Å². The number of guanidine groups is 1. The molecular weight excluding hydrogens is 490 g/mol. The Morgan fingerprint density at radius 1 is 1.26 bits per heavy atom. The molecule has 0 aliphatic rings. The molecule has 0 aromatic carbocycles. The van der Waals surface area contributed by atoms with Crippen molar-refractivity contribution in [3.05, 3.63) is 43.3 Å². The molecule has 0 aliphatic heterocycles. The standard InChI is InChI=1S/C14H17Cl3N4S.HI/c1-18-14(19-6-5-10-3-4-12(16)22-10)20-8-9-7-11(15)13(17)21(9)2;/h3-4,7H,5-6,8H2,1-2H3,(H2,18,19,20);1H. The molecule has 128 valence electrons. The van der Waals surface area contributed by atoms with Crippen LogP contribution in [0, 0.1) is 0 Å². The van der Waals surface area contributed by atoms with Crippen molar-refractivity contribution >= 4 is 76.1 Å². The summed E-state index contributed by atoms with van der Waals surface area (Å²) in [6, 6.07) is 5.80. The van der Waals surface area contributed by atoms with Crippen LogP contribution >= 0.6 is 70.1 Å². The molecule has 0 amide bonds. The average Bonchev–Trinajstić information content (AvgIpc) is 3.02. The number of aromatic nitrogens is 1. The molecule has 0 fully saturated rings. The number of hydrogen-bond acceptors (Lipinski definition) is 2. The van der Waals surface area contributed by atoms with Crippen LogP contribution in [0.5, 0.6) is 0 Å². The predicted octanol–water partition coefficient (Wildman–Crippen LogP) is 4.57. The van der Waals surface area contributed by atoms with E-state index in [9.17, 15) is 0 Å². The summed E-state index contributed by atoms with van der Waals surface area (Å²) in [5.41, 5.74) is 0.989. The summed E-state index contributed by atoms with van der Waals surface area (Å²) in [5.74, 6) is 0.732. The maximum Gasteiger partial charge on any atom is 0.191 e. The fourth-order valence-corrected chi connectivity index (χ4v) is 3.45. The quantitative estimate of drug-likeness (QED) is 0.354. The van der Waals surface area contributed by atoms with Crippen LogP contribution in [0.1, 0.15) is 10.6 Å². The summed E-state index contributed by atoms with van der Waals surface area (Å²) in [6.07, 6.45) is 0.903. The minimum absolute atomic E-state index is 0. The van der Waals surface area contributed by atoms with Crippen LogP contribution < -0.4 is 10.6 Å². The Morgan fingerprint density at radius 3 is 2.52 bits per heavy atom. The van der Waals surface area contributed by atoms with Gasteiger partial charge in [0.2, 0.25) is 0 Å². The fourth-order valence-electron chi connectivity index (χ4n) is 1.94. The third kappa shape index (κ3) is 6.01. The number of halogens is 4. The Bertz CT molecular complexity index is 669. The molecule has 0 spiro atoms. The first-order valence-corrected chi connectivity index (χ1v) is 8.64. The van der Waals surface area contributed by atoms with Gasteiger partial charge >= 0.3 is 0 Å². The molecule has 0 saturated heterocycles. The van der Waals surface area contributed by atoms with Crippen LogP contribution in [-0.4, -0.2) is 24.1 Å². The highest BCUT2D eigenvalue weighted by Gasteiger charge is 2.09. The summed E-state index contributed by atoms with van der Waals surface area (Å²) in [6.45, 7) is 1.37. The Labute approximate surface area is 172 Å². The van der Waals surface area contributed by atoms with Gasteiger partial charge in [0, 0.05) is 31.2 Å². The molecule has 2 aromatic heterocycles. The summed E-state index contributed by atoms with van der Waals surface area (Å²) >= 11 is 19.6. The fraction of sp³-hybridized carbons (Fsp3) is 0.357. The average molecular weight is 508 g/mol. The zero-order valence-electron chi connectivity index (χ0n) is 12.7. The molecule has 9 heteroatoms. The third-order valence-electron chi connectivity index (χ3n) is 3.17. The molecule has 0 saturated carbocycles. The summed E-state index contributed by atoms with van der Waals surface area (Å²) in [4.78, 5) is 5.44. The van der Waals surface area contributed by atoms with Crippen LogP contribution in [0.2, 0.25) is 14.5 Å². The normalized spacial score (nSPS) is 11.3. The molecule has 0 atom stereocenters. The van der Waals surface area contributed by atoms with Crippen LogP contribution in [0.4, 0.5) is 0 Å². The van der Waals surface area contributed by atoms with Gasteiger partial charge in [-0.15, -0.1) is 35.3 Å². The van der Waals surface area contributed by atoms with Gasteiger partial charge < -0.3 is 15.2 Å². The lowest BCUT2D eigenvalue weighted by atomic mass is 10.3. The minimum atomic E-state index is 0. The molecule has 0 bridgehead atoms. The first-order chi connectivity index (χ1) is 10.5. The lowest BCUT2D eigenvalue weighted by molar-refractivity contribution is 0.748. The maximum absolute atomic E-state index is 6.05. The van der Waals surface area contributed by atoms with Crippen molar-refractivity contribution in [1.82, 2.24) is 15.2 Å². The van der Waals surface area contributed by atoms with Gasteiger partial charge in [-0.1, -0.05) is 34.8 Å². The van der Waals surface area contributed by atoms with Gasteiger partial charge in [-0.05, 0) is 24.6 Å². The van der Waals surface area contributed by atoms with E-state index in [-0.39, 0.29) is 24.0 Å². The first kappa shape index (κ1) is 20.9. The van der Waals surface area contributed by atoms with Gasteiger partial charge in [-0.3, -0.25) is 4.99 Å². The Morgan fingerprint density at radius 2 is 2.00 bits per heavy atom. The summed E-state index contributed by atoms with van der Waals surface area (Å²) in [5, 5.41) is 7.59. The zero-order valence-corrected chi connectivity index (χ0v) is 18.1. The van der Waals surface area contributed by atoms with Crippen molar-refractivity contribution in [2.24, 2.45) is 12.0 Å².